The zero-order valence-electron chi connectivity index (χ0n) is 8.27. The highest BCUT2D eigenvalue weighted by Gasteiger charge is 2.07. The van der Waals surface area contributed by atoms with Gasteiger partial charge < -0.3 is 10.4 Å². The second-order valence-electron chi connectivity index (χ2n) is 3.02. The maximum absolute atomic E-state index is 10.6. The van der Waals surface area contributed by atoms with Crippen molar-refractivity contribution in [1.29, 1.82) is 0 Å². The first-order chi connectivity index (χ1) is 7.13. The van der Waals surface area contributed by atoms with Gasteiger partial charge in [0.2, 0.25) is 5.95 Å². The predicted molar refractivity (Wildman–Crippen MR) is 55.5 cm³/mol. The minimum atomic E-state index is -1.08. The van der Waals surface area contributed by atoms with Crippen LogP contribution in [0.25, 0.3) is 0 Å². The standard InChI is InChI=1S/C10H11N3O2/c1-3-4-7(2)12-10-11-6-5-8(13-10)9(14)15/h1,5-7H,4H2,2H3,(H,14,15)(H,11,12,13). The summed E-state index contributed by atoms with van der Waals surface area (Å²) in [6.07, 6.45) is 7.05. The first-order valence-corrected chi connectivity index (χ1v) is 4.40. The number of nitrogens with one attached hydrogen (secondary N) is 1. The Morgan fingerprint density at radius 2 is 2.53 bits per heavy atom. The predicted octanol–water partition coefficient (Wildman–Crippen LogP) is 0.998. The topological polar surface area (TPSA) is 75.1 Å². The Labute approximate surface area is 87.6 Å². The molecule has 0 spiro atoms. The second-order valence-corrected chi connectivity index (χ2v) is 3.02. The molecule has 0 radical (unpaired) electrons. The highest BCUT2D eigenvalue weighted by Crippen LogP contribution is 2.03. The molecule has 15 heavy (non-hydrogen) atoms. The summed E-state index contributed by atoms with van der Waals surface area (Å²) in [4.78, 5) is 18.3. The third kappa shape index (κ3) is 3.27. The molecule has 0 amide bonds. The Kier molecular flexibility index (Phi) is 3.63. The van der Waals surface area contributed by atoms with E-state index in [0.29, 0.717) is 6.42 Å². The number of anilines is 1. The van der Waals surface area contributed by atoms with Crippen LogP contribution in [-0.4, -0.2) is 27.1 Å². The smallest absolute Gasteiger partial charge is 0.354 e. The number of carboxylic acids is 1. The van der Waals surface area contributed by atoms with Gasteiger partial charge in [-0.1, -0.05) is 0 Å². The normalized spacial score (nSPS) is 11.5. The number of carboxylic acid groups (broad SMARTS) is 1. The summed E-state index contributed by atoms with van der Waals surface area (Å²) in [6.45, 7) is 1.87. The van der Waals surface area contributed by atoms with Crippen molar-refractivity contribution in [3.05, 3.63) is 18.0 Å². The molecule has 0 aromatic carbocycles. The summed E-state index contributed by atoms with van der Waals surface area (Å²) in [5.41, 5.74) is -0.0413. The van der Waals surface area contributed by atoms with E-state index >= 15 is 0 Å². The molecule has 2 N–H and O–H groups in total. The van der Waals surface area contributed by atoms with E-state index < -0.39 is 5.97 Å². The number of hydrogen-bond donors (Lipinski definition) is 2. The van der Waals surface area contributed by atoms with Gasteiger partial charge in [0.15, 0.2) is 5.69 Å². The lowest BCUT2D eigenvalue weighted by Crippen LogP contribution is -2.17. The Balaban J connectivity index is 2.74. The monoisotopic (exact) mass is 205 g/mol. The molecule has 0 aliphatic carbocycles. The molecule has 0 bridgehead atoms. The van der Waals surface area contributed by atoms with Crippen molar-refractivity contribution in [3.8, 4) is 12.3 Å². The number of hydrogen-bond acceptors (Lipinski definition) is 4. The molecule has 0 aliphatic heterocycles. The van der Waals surface area contributed by atoms with Gasteiger partial charge in [0.1, 0.15) is 0 Å². The summed E-state index contributed by atoms with van der Waals surface area (Å²) < 4.78 is 0. The molecule has 0 aliphatic rings. The van der Waals surface area contributed by atoms with E-state index in [1.165, 1.54) is 12.3 Å². The van der Waals surface area contributed by atoms with E-state index in [0.717, 1.165) is 0 Å². The molecule has 1 aromatic heterocycles. The van der Waals surface area contributed by atoms with Crippen molar-refractivity contribution < 1.29 is 9.90 Å². The van der Waals surface area contributed by atoms with E-state index in [9.17, 15) is 4.79 Å². The Hall–Kier alpha value is -2.09. The molecule has 1 heterocycles. The van der Waals surface area contributed by atoms with Gasteiger partial charge in [0.05, 0.1) is 0 Å². The SMILES string of the molecule is C#CCC(C)Nc1nccc(C(=O)O)n1. The molecule has 0 saturated heterocycles. The Morgan fingerprint density at radius 3 is 3.13 bits per heavy atom. The average Bonchev–Trinajstić information content (AvgIpc) is 2.18. The molecular formula is C10H11N3O2. The number of rotatable bonds is 4. The zero-order valence-corrected chi connectivity index (χ0v) is 8.27. The minimum absolute atomic E-state index is 0.0130. The molecule has 1 atom stereocenters. The lowest BCUT2D eigenvalue weighted by atomic mass is 10.2. The number of aromatic carboxylic acids is 1. The molecule has 5 nitrogen and oxygen atoms in total. The quantitative estimate of drug-likeness (QED) is 0.717. The molecule has 0 fully saturated rings. The number of terminal acetylenes is 1. The lowest BCUT2D eigenvalue weighted by Gasteiger charge is -2.10. The first-order valence-electron chi connectivity index (χ1n) is 4.40. The number of carbonyl (C=O) groups is 1. The molecule has 1 rings (SSSR count). The van der Waals surface area contributed by atoms with Crippen LogP contribution in [0.2, 0.25) is 0 Å². The van der Waals surface area contributed by atoms with Gasteiger partial charge in [-0.25, -0.2) is 14.8 Å². The van der Waals surface area contributed by atoms with E-state index in [4.69, 9.17) is 11.5 Å². The summed E-state index contributed by atoms with van der Waals surface area (Å²) in [5, 5.41) is 11.6. The van der Waals surface area contributed by atoms with E-state index in [1.54, 1.807) is 0 Å². The van der Waals surface area contributed by atoms with Crippen molar-refractivity contribution in [2.24, 2.45) is 0 Å². The molecule has 1 aromatic rings. The second kappa shape index (κ2) is 4.96. The van der Waals surface area contributed by atoms with Gasteiger partial charge in [-0.15, -0.1) is 12.3 Å². The van der Waals surface area contributed by atoms with Crippen molar-refractivity contribution in [3.63, 3.8) is 0 Å². The van der Waals surface area contributed by atoms with Crippen LogP contribution in [0.5, 0.6) is 0 Å². The van der Waals surface area contributed by atoms with E-state index in [-0.39, 0.29) is 17.7 Å². The zero-order chi connectivity index (χ0) is 11.3. The van der Waals surface area contributed by atoms with Gasteiger partial charge in [-0.3, -0.25) is 0 Å². The van der Waals surface area contributed by atoms with Crippen LogP contribution >= 0.6 is 0 Å². The fourth-order valence-corrected chi connectivity index (χ4v) is 0.996. The molecule has 0 saturated carbocycles. The minimum Gasteiger partial charge on any atom is -0.477 e. The van der Waals surface area contributed by atoms with E-state index in [2.05, 4.69) is 21.2 Å². The molecule has 5 heteroatoms. The maximum Gasteiger partial charge on any atom is 0.354 e. The fraction of sp³-hybridized carbons (Fsp3) is 0.300. The third-order valence-corrected chi connectivity index (χ3v) is 1.67. The van der Waals surface area contributed by atoms with Gasteiger partial charge >= 0.3 is 5.97 Å². The van der Waals surface area contributed by atoms with Crippen molar-refractivity contribution in [1.82, 2.24) is 9.97 Å². The molecule has 1 unspecified atom stereocenters. The van der Waals surface area contributed by atoms with Crippen LogP contribution in [0.4, 0.5) is 5.95 Å². The summed E-state index contributed by atoms with van der Waals surface area (Å²) in [5.74, 6) is 1.69. The van der Waals surface area contributed by atoms with Crippen molar-refractivity contribution >= 4 is 11.9 Å². The number of aromatic nitrogens is 2. The summed E-state index contributed by atoms with van der Waals surface area (Å²) in [7, 11) is 0. The van der Waals surface area contributed by atoms with Crippen molar-refractivity contribution in [2.75, 3.05) is 5.32 Å². The van der Waals surface area contributed by atoms with Crippen molar-refractivity contribution in [2.45, 2.75) is 19.4 Å². The van der Waals surface area contributed by atoms with Crippen LogP contribution in [0.3, 0.4) is 0 Å². The van der Waals surface area contributed by atoms with Crippen LogP contribution in [0.1, 0.15) is 23.8 Å². The third-order valence-electron chi connectivity index (χ3n) is 1.67. The summed E-state index contributed by atoms with van der Waals surface area (Å²) >= 11 is 0. The summed E-state index contributed by atoms with van der Waals surface area (Å²) in [6, 6.07) is 1.35. The molecular weight excluding hydrogens is 194 g/mol. The largest absolute Gasteiger partial charge is 0.477 e. The van der Waals surface area contributed by atoms with Gasteiger partial charge in [0, 0.05) is 18.7 Å². The fourth-order valence-electron chi connectivity index (χ4n) is 0.996. The van der Waals surface area contributed by atoms with Gasteiger partial charge in [0.25, 0.3) is 0 Å². The highest BCUT2D eigenvalue weighted by molar-refractivity contribution is 5.85. The maximum atomic E-state index is 10.6. The Morgan fingerprint density at radius 1 is 1.80 bits per heavy atom. The van der Waals surface area contributed by atoms with Gasteiger partial charge in [-0.2, -0.15) is 0 Å². The first kappa shape index (κ1) is 11.0. The Bertz CT molecular complexity index is 398. The van der Waals surface area contributed by atoms with Crippen LogP contribution in [0.15, 0.2) is 12.3 Å². The molecule has 78 valence electrons. The highest BCUT2D eigenvalue weighted by atomic mass is 16.4. The number of nitrogens with zero attached hydrogens (tertiary/aromatic N) is 2. The van der Waals surface area contributed by atoms with E-state index in [1.807, 2.05) is 6.92 Å². The average molecular weight is 205 g/mol. The van der Waals surface area contributed by atoms with Crippen LogP contribution in [-0.2, 0) is 0 Å². The van der Waals surface area contributed by atoms with Gasteiger partial charge in [-0.05, 0) is 13.0 Å². The lowest BCUT2D eigenvalue weighted by molar-refractivity contribution is 0.0690. The van der Waals surface area contributed by atoms with Crippen LogP contribution in [0, 0.1) is 12.3 Å². The van der Waals surface area contributed by atoms with Crippen LogP contribution < -0.4 is 5.32 Å².